The van der Waals surface area contributed by atoms with Crippen LogP contribution in [0.5, 0.6) is 0 Å². The van der Waals surface area contributed by atoms with E-state index in [-0.39, 0.29) is 35.8 Å². The van der Waals surface area contributed by atoms with Crippen LogP contribution in [-0.2, 0) is 14.3 Å². The molecule has 1 saturated heterocycles. The SMILES string of the molecule is COC(=O)CC1CN(C(=O)c2c[nH]ccc2=O)CCO1. The van der Waals surface area contributed by atoms with Gasteiger partial charge in [-0.05, 0) is 0 Å². The number of rotatable bonds is 3. The molecule has 108 valence electrons. The molecule has 20 heavy (non-hydrogen) atoms. The first kappa shape index (κ1) is 14.3. The molecule has 1 aliphatic rings. The van der Waals surface area contributed by atoms with Gasteiger partial charge < -0.3 is 19.4 Å². The van der Waals surface area contributed by atoms with Crippen molar-refractivity contribution in [3.05, 3.63) is 34.2 Å². The number of amides is 1. The molecule has 2 rings (SSSR count). The van der Waals surface area contributed by atoms with Crippen LogP contribution in [0.2, 0.25) is 0 Å². The summed E-state index contributed by atoms with van der Waals surface area (Å²) in [6.07, 6.45) is 2.54. The molecule has 1 aromatic rings. The maximum Gasteiger partial charge on any atom is 0.308 e. The third kappa shape index (κ3) is 3.24. The minimum absolute atomic E-state index is 0.0887. The Kier molecular flexibility index (Phi) is 4.52. The summed E-state index contributed by atoms with van der Waals surface area (Å²) in [5.41, 5.74) is -0.240. The van der Waals surface area contributed by atoms with Gasteiger partial charge in [-0.15, -0.1) is 0 Å². The van der Waals surface area contributed by atoms with Crippen molar-refractivity contribution < 1.29 is 19.1 Å². The summed E-state index contributed by atoms with van der Waals surface area (Å²) >= 11 is 0. The Hall–Kier alpha value is -2.15. The van der Waals surface area contributed by atoms with Gasteiger partial charge in [-0.25, -0.2) is 0 Å². The van der Waals surface area contributed by atoms with Gasteiger partial charge in [0.15, 0.2) is 5.43 Å². The van der Waals surface area contributed by atoms with Crippen LogP contribution < -0.4 is 5.43 Å². The molecule has 1 aliphatic heterocycles. The fraction of sp³-hybridized carbons (Fsp3) is 0.462. The molecule has 1 fully saturated rings. The quantitative estimate of drug-likeness (QED) is 0.773. The number of morpholine rings is 1. The van der Waals surface area contributed by atoms with E-state index in [9.17, 15) is 14.4 Å². The number of ether oxygens (including phenoxy) is 2. The molecule has 1 atom stereocenters. The number of H-pyrrole nitrogens is 1. The Morgan fingerprint density at radius 3 is 3.05 bits per heavy atom. The van der Waals surface area contributed by atoms with Crippen LogP contribution in [-0.4, -0.2) is 54.7 Å². The number of aromatic amines is 1. The molecule has 2 heterocycles. The van der Waals surface area contributed by atoms with Crippen molar-refractivity contribution in [3.63, 3.8) is 0 Å². The van der Waals surface area contributed by atoms with Crippen LogP contribution in [0.4, 0.5) is 0 Å². The zero-order valence-electron chi connectivity index (χ0n) is 11.1. The van der Waals surface area contributed by atoms with Gasteiger partial charge in [0.1, 0.15) is 5.56 Å². The third-order valence-corrected chi connectivity index (χ3v) is 3.10. The fourth-order valence-electron chi connectivity index (χ4n) is 2.05. The van der Waals surface area contributed by atoms with E-state index in [2.05, 4.69) is 9.72 Å². The number of carbonyl (C=O) groups is 2. The third-order valence-electron chi connectivity index (χ3n) is 3.10. The predicted molar refractivity (Wildman–Crippen MR) is 69.3 cm³/mol. The highest BCUT2D eigenvalue weighted by atomic mass is 16.5. The molecule has 1 aromatic heterocycles. The van der Waals surface area contributed by atoms with E-state index >= 15 is 0 Å². The first-order valence-corrected chi connectivity index (χ1v) is 6.26. The standard InChI is InChI=1S/C13H16N2O5/c1-19-12(17)6-9-8-15(4-5-20-9)13(18)10-7-14-3-2-11(10)16/h2-3,7,9H,4-6,8H2,1H3,(H,14,16). The minimum atomic E-state index is -0.400. The smallest absolute Gasteiger partial charge is 0.308 e. The lowest BCUT2D eigenvalue weighted by Gasteiger charge is -2.32. The molecular weight excluding hydrogens is 264 g/mol. The summed E-state index contributed by atoms with van der Waals surface area (Å²) in [7, 11) is 1.30. The Bertz CT molecular complexity index is 554. The van der Waals surface area contributed by atoms with Crippen LogP contribution in [0.3, 0.4) is 0 Å². The number of hydrogen-bond acceptors (Lipinski definition) is 5. The van der Waals surface area contributed by atoms with Crippen molar-refractivity contribution in [1.82, 2.24) is 9.88 Å². The van der Waals surface area contributed by atoms with Gasteiger partial charge in [-0.2, -0.15) is 0 Å². The molecule has 1 unspecified atom stereocenters. The van der Waals surface area contributed by atoms with Crippen LogP contribution in [0, 0.1) is 0 Å². The van der Waals surface area contributed by atoms with E-state index in [1.165, 1.54) is 30.5 Å². The summed E-state index contributed by atoms with van der Waals surface area (Å²) in [5, 5.41) is 0. The Morgan fingerprint density at radius 2 is 2.35 bits per heavy atom. The van der Waals surface area contributed by atoms with E-state index in [1.54, 1.807) is 0 Å². The van der Waals surface area contributed by atoms with Crippen LogP contribution in [0.1, 0.15) is 16.8 Å². The highest BCUT2D eigenvalue weighted by Crippen LogP contribution is 2.11. The summed E-state index contributed by atoms with van der Waals surface area (Å²) < 4.78 is 9.99. The van der Waals surface area contributed by atoms with Crippen molar-refractivity contribution in [2.75, 3.05) is 26.8 Å². The second-order valence-corrected chi connectivity index (χ2v) is 4.45. The van der Waals surface area contributed by atoms with Gasteiger partial charge in [-0.1, -0.05) is 0 Å². The average molecular weight is 280 g/mol. The fourth-order valence-corrected chi connectivity index (χ4v) is 2.05. The number of pyridine rings is 1. The van der Waals surface area contributed by atoms with E-state index in [0.717, 1.165) is 0 Å². The summed E-state index contributed by atoms with van der Waals surface area (Å²) in [5.74, 6) is -0.744. The molecule has 0 spiro atoms. The largest absolute Gasteiger partial charge is 0.469 e. The number of nitrogens with one attached hydrogen (secondary N) is 1. The monoisotopic (exact) mass is 280 g/mol. The zero-order chi connectivity index (χ0) is 14.5. The second-order valence-electron chi connectivity index (χ2n) is 4.45. The first-order chi connectivity index (χ1) is 9.61. The molecule has 0 bridgehead atoms. The van der Waals surface area contributed by atoms with Crippen LogP contribution >= 0.6 is 0 Å². The van der Waals surface area contributed by atoms with Crippen molar-refractivity contribution in [1.29, 1.82) is 0 Å². The number of aromatic nitrogens is 1. The molecule has 0 aliphatic carbocycles. The number of hydrogen-bond donors (Lipinski definition) is 1. The lowest BCUT2D eigenvalue weighted by Crippen LogP contribution is -2.47. The number of carbonyl (C=O) groups excluding carboxylic acids is 2. The lowest BCUT2D eigenvalue weighted by molar-refractivity contribution is -0.145. The molecule has 7 heteroatoms. The molecule has 0 aromatic carbocycles. The van der Waals surface area contributed by atoms with Gasteiger partial charge in [0, 0.05) is 31.5 Å². The molecule has 0 saturated carbocycles. The predicted octanol–water partition coefficient (Wildman–Crippen LogP) is -0.221. The second kappa shape index (κ2) is 6.33. The highest BCUT2D eigenvalue weighted by molar-refractivity contribution is 5.93. The normalized spacial score (nSPS) is 18.6. The van der Waals surface area contributed by atoms with Gasteiger partial charge in [-0.3, -0.25) is 14.4 Å². The van der Waals surface area contributed by atoms with Crippen LogP contribution in [0.15, 0.2) is 23.3 Å². The van der Waals surface area contributed by atoms with Crippen molar-refractivity contribution >= 4 is 11.9 Å². The van der Waals surface area contributed by atoms with E-state index < -0.39 is 6.10 Å². The summed E-state index contributed by atoms with van der Waals surface area (Å²) in [6.45, 7) is 0.991. The highest BCUT2D eigenvalue weighted by Gasteiger charge is 2.27. The van der Waals surface area contributed by atoms with Crippen LogP contribution in [0.25, 0.3) is 0 Å². The molecule has 0 radical (unpaired) electrons. The topological polar surface area (TPSA) is 88.7 Å². The molecule has 1 N–H and O–H groups in total. The minimum Gasteiger partial charge on any atom is -0.469 e. The number of methoxy groups -OCH3 is 1. The Labute approximate surface area is 115 Å². The molecular formula is C13H16N2O5. The first-order valence-electron chi connectivity index (χ1n) is 6.26. The lowest BCUT2D eigenvalue weighted by atomic mass is 10.1. The van der Waals surface area contributed by atoms with E-state index in [0.29, 0.717) is 13.2 Å². The maximum absolute atomic E-state index is 12.3. The van der Waals surface area contributed by atoms with Gasteiger partial charge in [0.05, 0.1) is 26.2 Å². The van der Waals surface area contributed by atoms with E-state index in [4.69, 9.17) is 4.74 Å². The zero-order valence-corrected chi connectivity index (χ0v) is 11.1. The summed E-state index contributed by atoms with van der Waals surface area (Å²) in [4.78, 5) is 39.3. The molecule has 1 amide bonds. The van der Waals surface area contributed by atoms with Crippen molar-refractivity contribution in [3.8, 4) is 0 Å². The molecule has 7 nitrogen and oxygen atoms in total. The maximum atomic E-state index is 12.3. The van der Waals surface area contributed by atoms with Crippen molar-refractivity contribution in [2.45, 2.75) is 12.5 Å². The average Bonchev–Trinajstić information content (AvgIpc) is 2.47. The van der Waals surface area contributed by atoms with Crippen molar-refractivity contribution in [2.24, 2.45) is 0 Å². The van der Waals surface area contributed by atoms with Gasteiger partial charge >= 0.3 is 5.97 Å². The Balaban J connectivity index is 2.05. The Morgan fingerprint density at radius 1 is 1.55 bits per heavy atom. The van der Waals surface area contributed by atoms with Gasteiger partial charge in [0.25, 0.3) is 5.91 Å². The number of nitrogens with zero attached hydrogens (tertiary/aromatic N) is 1. The van der Waals surface area contributed by atoms with Gasteiger partial charge in [0.2, 0.25) is 0 Å². The van der Waals surface area contributed by atoms with E-state index in [1.807, 2.05) is 0 Å². The number of esters is 1. The summed E-state index contributed by atoms with van der Waals surface area (Å²) in [6, 6.07) is 1.31.